The number of halogens is 2. The third-order valence-corrected chi connectivity index (χ3v) is 3.87. The molecule has 0 radical (unpaired) electrons. The van der Waals surface area contributed by atoms with Crippen LogP contribution in [0.3, 0.4) is 0 Å². The van der Waals surface area contributed by atoms with Gasteiger partial charge in [0.2, 0.25) is 0 Å². The molecule has 0 spiro atoms. The van der Waals surface area contributed by atoms with Gasteiger partial charge in [-0.25, -0.2) is 4.79 Å². The van der Waals surface area contributed by atoms with E-state index in [1.807, 2.05) is 13.8 Å². The molecule has 2 atom stereocenters. The molecule has 0 saturated carbocycles. The first-order chi connectivity index (χ1) is 9.36. The molecule has 0 aliphatic carbocycles. The van der Waals surface area contributed by atoms with E-state index >= 15 is 0 Å². The van der Waals surface area contributed by atoms with Crippen LogP contribution in [-0.2, 0) is 9.47 Å². The number of benzene rings is 1. The first kappa shape index (κ1) is 15.4. The maximum atomic E-state index is 12.1. The molecule has 1 fully saturated rings. The number of esters is 1. The number of nitrogens with two attached hydrogens (primary N) is 1. The maximum Gasteiger partial charge on any atom is 0.338 e. The maximum absolute atomic E-state index is 12.1. The SMILES string of the molecule is CC1CC(OC(=O)c2cc(Cl)c(N)c(Cl)c2)CC(C)O1. The molecular weight excluding hydrogens is 301 g/mol. The quantitative estimate of drug-likeness (QED) is 0.667. The van der Waals surface area contributed by atoms with E-state index < -0.39 is 5.97 Å². The highest BCUT2D eigenvalue weighted by atomic mass is 35.5. The minimum atomic E-state index is -0.444. The second-order valence-electron chi connectivity index (χ2n) is 5.11. The van der Waals surface area contributed by atoms with Crippen molar-refractivity contribution < 1.29 is 14.3 Å². The molecule has 0 bridgehead atoms. The van der Waals surface area contributed by atoms with Crippen molar-refractivity contribution in [2.45, 2.75) is 45.0 Å². The van der Waals surface area contributed by atoms with Crippen molar-refractivity contribution in [2.24, 2.45) is 0 Å². The van der Waals surface area contributed by atoms with Crippen LogP contribution in [0.25, 0.3) is 0 Å². The molecule has 1 aliphatic heterocycles. The Bertz CT molecular complexity index is 488. The van der Waals surface area contributed by atoms with Crippen molar-refractivity contribution in [1.82, 2.24) is 0 Å². The lowest BCUT2D eigenvalue weighted by molar-refractivity contribution is -0.0855. The summed E-state index contributed by atoms with van der Waals surface area (Å²) in [7, 11) is 0. The van der Waals surface area contributed by atoms with E-state index in [1.165, 1.54) is 12.1 Å². The Hall–Kier alpha value is -0.970. The van der Waals surface area contributed by atoms with Gasteiger partial charge in [-0.05, 0) is 26.0 Å². The molecule has 2 unspecified atom stereocenters. The zero-order chi connectivity index (χ0) is 14.9. The molecule has 0 amide bonds. The number of carbonyl (C=O) groups excluding carboxylic acids is 1. The van der Waals surface area contributed by atoms with Crippen LogP contribution < -0.4 is 5.73 Å². The van der Waals surface area contributed by atoms with Gasteiger partial charge in [0.15, 0.2) is 0 Å². The van der Waals surface area contributed by atoms with E-state index in [1.54, 1.807) is 0 Å². The zero-order valence-electron chi connectivity index (χ0n) is 11.4. The molecule has 1 saturated heterocycles. The average molecular weight is 318 g/mol. The summed E-state index contributed by atoms with van der Waals surface area (Å²) < 4.78 is 11.1. The number of nitrogen functional groups attached to an aromatic ring is 1. The highest BCUT2D eigenvalue weighted by Gasteiger charge is 2.27. The molecule has 6 heteroatoms. The lowest BCUT2D eigenvalue weighted by Gasteiger charge is -2.31. The number of anilines is 1. The van der Waals surface area contributed by atoms with Gasteiger partial charge in [-0.1, -0.05) is 23.2 Å². The second kappa shape index (κ2) is 6.20. The molecule has 4 nitrogen and oxygen atoms in total. The van der Waals surface area contributed by atoms with Crippen molar-refractivity contribution in [3.63, 3.8) is 0 Å². The number of hydrogen-bond donors (Lipinski definition) is 1. The molecule has 1 heterocycles. The molecule has 20 heavy (non-hydrogen) atoms. The third kappa shape index (κ3) is 3.57. The summed E-state index contributed by atoms with van der Waals surface area (Å²) in [5.41, 5.74) is 6.21. The molecule has 2 N–H and O–H groups in total. The van der Waals surface area contributed by atoms with Crippen LogP contribution in [0.5, 0.6) is 0 Å². The lowest BCUT2D eigenvalue weighted by Crippen LogP contribution is -2.35. The van der Waals surface area contributed by atoms with E-state index in [9.17, 15) is 4.79 Å². The van der Waals surface area contributed by atoms with Gasteiger partial charge in [0.1, 0.15) is 6.10 Å². The Labute approximate surface area is 128 Å². The van der Waals surface area contributed by atoms with E-state index in [-0.39, 0.29) is 34.0 Å². The number of hydrogen-bond acceptors (Lipinski definition) is 4. The fourth-order valence-corrected chi connectivity index (χ4v) is 2.85. The number of rotatable bonds is 2. The van der Waals surface area contributed by atoms with Gasteiger partial charge in [-0.15, -0.1) is 0 Å². The Morgan fingerprint density at radius 3 is 2.25 bits per heavy atom. The summed E-state index contributed by atoms with van der Waals surface area (Å²) in [5, 5.41) is 0.497. The smallest absolute Gasteiger partial charge is 0.338 e. The Morgan fingerprint density at radius 2 is 1.75 bits per heavy atom. The topological polar surface area (TPSA) is 61.5 Å². The normalized spacial score (nSPS) is 26.3. The van der Waals surface area contributed by atoms with Crippen LogP contribution in [0.15, 0.2) is 12.1 Å². The van der Waals surface area contributed by atoms with Gasteiger partial charge in [0, 0.05) is 12.8 Å². The van der Waals surface area contributed by atoms with Crippen molar-refractivity contribution in [3.05, 3.63) is 27.7 Å². The largest absolute Gasteiger partial charge is 0.459 e. The lowest BCUT2D eigenvalue weighted by atomic mass is 10.0. The van der Waals surface area contributed by atoms with E-state index in [0.29, 0.717) is 18.4 Å². The van der Waals surface area contributed by atoms with E-state index in [4.69, 9.17) is 38.4 Å². The minimum Gasteiger partial charge on any atom is -0.459 e. The monoisotopic (exact) mass is 317 g/mol. The van der Waals surface area contributed by atoms with Crippen LogP contribution in [0, 0.1) is 0 Å². The fourth-order valence-electron chi connectivity index (χ4n) is 2.36. The molecule has 1 aromatic rings. The predicted molar refractivity (Wildman–Crippen MR) is 79.3 cm³/mol. The summed E-state index contributed by atoms with van der Waals surface area (Å²) in [6, 6.07) is 2.94. The molecule has 0 aromatic heterocycles. The van der Waals surface area contributed by atoms with E-state index in [0.717, 1.165) is 0 Å². The number of ether oxygens (including phenoxy) is 2. The van der Waals surface area contributed by atoms with E-state index in [2.05, 4.69) is 0 Å². The first-order valence-electron chi connectivity index (χ1n) is 6.47. The van der Waals surface area contributed by atoms with Crippen molar-refractivity contribution >= 4 is 34.9 Å². The molecular formula is C14H17Cl2NO3. The summed E-state index contributed by atoms with van der Waals surface area (Å²) in [6.45, 7) is 3.93. The van der Waals surface area contributed by atoms with Gasteiger partial charge in [-0.3, -0.25) is 0 Å². The van der Waals surface area contributed by atoms with Crippen LogP contribution in [0.1, 0.15) is 37.0 Å². The zero-order valence-corrected chi connectivity index (χ0v) is 12.9. The standard InChI is InChI=1S/C14H17Cl2NO3/c1-7-3-10(4-8(2)19-7)20-14(18)9-5-11(15)13(17)12(16)6-9/h5-8,10H,3-4,17H2,1-2H3. The van der Waals surface area contributed by atoms with Gasteiger partial charge in [0.05, 0.1) is 33.5 Å². The summed E-state index contributed by atoms with van der Waals surface area (Å²) in [6.07, 6.45) is 1.38. The Balaban J connectivity index is 2.08. The summed E-state index contributed by atoms with van der Waals surface area (Å²) >= 11 is 11.8. The third-order valence-electron chi connectivity index (χ3n) is 3.24. The summed E-state index contributed by atoms with van der Waals surface area (Å²) in [5.74, 6) is -0.444. The summed E-state index contributed by atoms with van der Waals surface area (Å²) in [4.78, 5) is 12.1. The van der Waals surface area contributed by atoms with Gasteiger partial charge in [-0.2, -0.15) is 0 Å². The highest BCUT2D eigenvalue weighted by molar-refractivity contribution is 6.39. The van der Waals surface area contributed by atoms with Gasteiger partial charge >= 0.3 is 5.97 Å². The highest BCUT2D eigenvalue weighted by Crippen LogP contribution is 2.30. The molecule has 1 aromatic carbocycles. The van der Waals surface area contributed by atoms with Gasteiger partial charge in [0.25, 0.3) is 0 Å². The van der Waals surface area contributed by atoms with Crippen LogP contribution in [-0.4, -0.2) is 24.3 Å². The van der Waals surface area contributed by atoms with Crippen molar-refractivity contribution in [3.8, 4) is 0 Å². The minimum absolute atomic E-state index is 0.0788. The Kier molecular flexibility index (Phi) is 4.78. The molecule has 110 valence electrons. The van der Waals surface area contributed by atoms with Crippen molar-refractivity contribution in [1.29, 1.82) is 0 Å². The van der Waals surface area contributed by atoms with Crippen LogP contribution >= 0.6 is 23.2 Å². The van der Waals surface area contributed by atoms with Crippen LogP contribution in [0.4, 0.5) is 5.69 Å². The Morgan fingerprint density at radius 1 is 1.25 bits per heavy atom. The molecule has 1 aliphatic rings. The predicted octanol–water partition coefficient (Wildman–Crippen LogP) is 3.69. The van der Waals surface area contributed by atoms with Gasteiger partial charge < -0.3 is 15.2 Å². The van der Waals surface area contributed by atoms with Crippen molar-refractivity contribution in [2.75, 3.05) is 5.73 Å². The second-order valence-corrected chi connectivity index (χ2v) is 5.92. The average Bonchev–Trinajstić information content (AvgIpc) is 2.33. The number of carbonyl (C=O) groups is 1. The van der Waals surface area contributed by atoms with Crippen LogP contribution in [0.2, 0.25) is 10.0 Å². The molecule has 2 rings (SSSR count). The first-order valence-corrected chi connectivity index (χ1v) is 7.23. The fraction of sp³-hybridized carbons (Fsp3) is 0.500.